The molecule has 2 rings (SSSR count). The van der Waals surface area contributed by atoms with E-state index in [1.807, 2.05) is 29.2 Å². The maximum absolute atomic E-state index is 12.3. The fraction of sp³-hybridized carbons (Fsp3) is 0.556. The Labute approximate surface area is 143 Å². The summed E-state index contributed by atoms with van der Waals surface area (Å²) in [6.45, 7) is 3.91. The fourth-order valence-corrected chi connectivity index (χ4v) is 2.88. The van der Waals surface area contributed by atoms with E-state index in [-0.39, 0.29) is 12.3 Å². The number of hydrogen-bond acceptors (Lipinski definition) is 4. The molecule has 0 saturated carbocycles. The van der Waals surface area contributed by atoms with Crippen molar-refractivity contribution in [3.05, 3.63) is 29.8 Å². The third-order valence-electron chi connectivity index (χ3n) is 4.38. The summed E-state index contributed by atoms with van der Waals surface area (Å²) < 4.78 is 5.13. The van der Waals surface area contributed by atoms with Gasteiger partial charge in [-0.2, -0.15) is 0 Å². The van der Waals surface area contributed by atoms with E-state index in [0.29, 0.717) is 12.8 Å². The number of methoxy groups -OCH3 is 1. The van der Waals surface area contributed by atoms with E-state index >= 15 is 0 Å². The number of ether oxygens (including phenoxy) is 1. The van der Waals surface area contributed by atoms with Gasteiger partial charge in [-0.05, 0) is 37.1 Å². The number of piperazine rings is 1. The summed E-state index contributed by atoms with van der Waals surface area (Å²) in [5.41, 5.74) is 1.14. The molecule has 0 unspecified atom stereocenters. The van der Waals surface area contributed by atoms with Crippen LogP contribution < -0.4 is 4.74 Å². The molecule has 1 fully saturated rings. The van der Waals surface area contributed by atoms with Gasteiger partial charge in [0, 0.05) is 39.0 Å². The number of aryl methyl sites for hydroxylation is 1. The van der Waals surface area contributed by atoms with Crippen molar-refractivity contribution in [3.8, 4) is 5.75 Å². The van der Waals surface area contributed by atoms with Crippen LogP contribution in [0, 0.1) is 0 Å². The van der Waals surface area contributed by atoms with E-state index in [4.69, 9.17) is 9.84 Å². The molecule has 1 aromatic rings. The number of carbonyl (C=O) groups is 2. The van der Waals surface area contributed by atoms with Crippen LogP contribution in [-0.2, 0) is 16.0 Å². The van der Waals surface area contributed by atoms with Crippen molar-refractivity contribution in [2.45, 2.75) is 25.7 Å². The van der Waals surface area contributed by atoms with Crippen LogP contribution in [-0.4, -0.2) is 66.6 Å². The Morgan fingerprint density at radius 1 is 1.08 bits per heavy atom. The highest BCUT2D eigenvalue weighted by Crippen LogP contribution is 2.13. The SMILES string of the molecule is COc1ccc(CCC(=O)N2CCN(CCCC(=O)O)CC2)cc1. The molecule has 0 spiro atoms. The lowest BCUT2D eigenvalue weighted by atomic mass is 10.1. The number of aliphatic carboxylic acids is 1. The number of carbonyl (C=O) groups excluding carboxylic acids is 1. The highest BCUT2D eigenvalue weighted by atomic mass is 16.5. The molecule has 0 bridgehead atoms. The van der Waals surface area contributed by atoms with Gasteiger partial charge in [-0.1, -0.05) is 12.1 Å². The minimum absolute atomic E-state index is 0.191. The number of nitrogens with zero attached hydrogens (tertiary/aromatic N) is 2. The zero-order valence-electron chi connectivity index (χ0n) is 14.2. The van der Waals surface area contributed by atoms with Crippen molar-refractivity contribution in [2.24, 2.45) is 0 Å². The molecule has 0 aromatic heterocycles. The van der Waals surface area contributed by atoms with Crippen LogP contribution in [0.2, 0.25) is 0 Å². The Morgan fingerprint density at radius 2 is 1.75 bits per heavy atom. The number of carboxylic acids is 1. The Bertz CT molecular complexity index is 536. The molecule has 1 saturated heterocycles. The molecular formula is C18H26N2O4. The minimum Gasteiger partial charge on any atom is -0.497 e. The summed E-state index contributed by atoms with van der Waals surface area (Å²) in [5, 5.41) is 8.66. The maximum atomic E-state index is 12.3. The number of rotatable bonds is 8. The van der Waals surface area contributed by atoms with Crippen molar-refractivity contribution < 1.29 is 19.4 Å². The monoisotopic (exact) mass is 334 g/mol. The van der Waals surface area contributed by atoms with Gasteiger partial charge in [0.05, 0.1) is 7.11 Å². The smallest absolute Gasteiger partial charge is 0.303 e. The predicted octanol–water partition coefficient (Wildman–Crippen LogP) is 1.64. The molecule has 0 atom stereocenters. The Balaban J connectivity index is 1.67. The topological polar surface area (TPSA) is 70.1 Å². The van der Waals surface area contributed by atoms with Crippen LogP contribution in [0.1, 0.15) is 24.8 Å². The third kappa shape index (κ3) is 5.85. The average Bonchev–Trinajstić information content (AvgIpc) is 2.60. The Kier molecular flexibility index (Phi) is 7.06. The molecule has 1 aliphatic heterocycles. The maximum Gasteiger partial charge on any atom is 0.303 e. The molecule has 0 radical (unpaired) electrons. The second-order valence-electron chi connectivity index (χ2n) is 6.07. The highest BCUT2D eigenvalue weighted by molar-refractivity contribution is 5.76. The standard InChI is InChI=1S/C18H26N2O4/c1-24-16-7-4-15(5-8-16)6-9-17(21)20-13-11-19(12-14-20)10-2-3-18(22)23/h4-5,7-8H,2-3,6,9-14H2,1H3,(H,22,23). The molecule has 24 heavy (non-hydrogen) atoms. The normalized spacial score (nSPS) is 15.3. The predicted molar refractivity (Wildman–Crippen MR) is 91.2 cm³/mol. The van der Waals surface area contributed by atoms with Crippen molar-refractivity contribution in [2.75, 3.05) is 39.8 Å². The van der Waals surface area contributed by atoms with Crippen LogP contribution >= 0.6 is 0 Å². The highest BCUT2D eigenvalue weighted by Gasteiger charge is 2.20. The summed E-state index contributed by atoms with van der Waals surface area (Å²) in [4.78, 5) is 27.0. The quantitative estimate of drug-likeness (QED) is 0.782. The third-order valence-corrected chi connectivity index (χ3v) is 4.38. The second-order valence-corrected chi connectivity index (χ2v) is 6.07. The first-order valence-electron chi connectivity index (χ1n) is 8.43. The fourth-order valence-electron chi connectivity index (χ4n) is 2.88. The van der Waals surface area contributed by atoms with Crippen LogP contribution in [0.5, 0.6) is 5.75 Å². The molecule has 1 aliphatic rings. The number of hydrogen-bond donors (Lipinski definition) is 1. The van der Waals surface area contributed by atoms with E-state index < -0.39 is 5.97 Å². The van der Waals surface area contributed by atoms with E-state index in [1.165, 1.54) is 0 Å². The van der Waals surface area contributed by atoms with Crippen LogP contribution in [0.25, 0.3) is 0 Å². The van der Waals surface area contributed by atoms with Gasteiger partial charge in [-0.25, -0.2) is 0 Å². The van der Waals surface area contributed by atoms with Gasteiger partial charge in [0.1, 0.15) is 5.75 Å². The van der Waals surface area contributed by atoms with Gasteiger partial charge in [-0.15, -0.1) is 0 Å². The van der Waals surface area contributed by atoms with Gasteiger partial charge >= 0.3 is 5.97 Å². The van der Waals surface area contributed by atoms with E-state index in [0.717, 1.165) is 50.5 Å². The van der Waals surface area contributed by atoms with Crippen LogP contribution in [0.3, 0.4) is 0 Å². The van der Waals surface area contributed by atoms with Gasteiger partial charge in [0.15, 0.2) is 0 Å². The summed E-state index contributed by atoms with van der Waals surface area (Å²) >= 11 is 0. The molecule has 132 valence electrons. The average molecular weight is 334 g/mol. The molecule has 6 nitrogen and oxygen atoms in total. The zero-order valence-corrected chi connectivity index (χ0v) is 14.2. The van der Waals surface area contributed by atoms with Gasteiger partial charge in [-0.3, -0.25) is 14.5 Å². The van der Waals surface area contributed by atoms with Gasteiger partial charge < -0.3 is 14.7 Å². The lowest BCUT2D eigenvalue weighted by Crippen LogP contribution is -2.48. The van der Waals surface area contributed by atoms with Gasteiger partial charge in [0.2, 0.25) is 5.91 Å². The molecule has 1 heterocycles. The molecule has 6 heteroatoms. The summed E-state index contributed by atoms with van der Waals surface area (Å²) in [5.74, 6) is 0.266. The van der Waals surface area contributed by atoms with Crippen LogP contribution in [0.4, 0.5) is 0 Å². The summed E-state index contributed by atoms with van der Waals surface area (Å²) in [6.07, 6.45) is 2.13. The van der Waals surface area contributed by atoms with E-state index in [9.17, 15) is 9.59 Å². The Hall–Kier alpha value is -2.08. The molecule has 1 N–H and O–H groups in total. The summed E-state index contributed by atoms with van der Waals surface area (Å²) in [7, 11) is 1.64. The first-order valence-corrected chi connectivity index (χ1v) is 8.43. The number of benzene rings is 1. The van der Waals surface area contributed by atoms with Crippen molar-refractivity contribution >= 4 is 11.9 Å². The molecular weight excluding hydrogens is 308 g/mol. The first-order chi connectivity index (χ1) is 11.6. The van der Waals surface area contributed by atoms with Crippen molar-refractivity contribution in [3.63, 3.8) is 0 Å². The minimum atomic E-state index is -0.748. The lowest BCUT2D eigenvalue weighted by Gasteiger charge is -2.34. The largest absolute Gasteiger partial charge is 0.497 e. The molecule has 1 amide bonds. The van der Waals surface area contributed by atoms with Crippen LogP contribution in [0.15, 0.2) is 24.3 Å². The number of amides is 1. The Morgan fingerprint density at radius 3 is 2.33 bits per heavy atom. The number of carboxylic acid groups (broad SMARTS) is 1. The molecule has 1 aromatic carbocycles. The summed E-state index contributed by atoms with van der Waals surface area (Å²) in [6, 6.07) is 7.81. The van der Waals surface area contributed by atoms with Crippen molar-refractivity contribution in [1.82, 2.24) is 9.80 Å². The second kappa shape index (κ2) is 9.27. The first kappa shape index (κ1) is 18.3. The lowest BCUT2D eigenvalue weighted by molar-refractivity contribution is -0.137. The zero-order chi connectivity index (χ0) is 17.4. The van der Waals surface area contributed by atoms with E-state index in [1.54, 1.807) is 7.11 Å². The molecule has 0 aliphatic carbocycles. The van der Waals surface area contributed by atoms with E-state index in [2.05, 4.69) is 4.90 Å². The van der Waals surface area contributed by atoms with Gasteiger partial charge in [0.25, 0.3) is 0 Å². The van der Waals surface area contributed by atoms with Crippen molar-refractivity contribution in [1.29, 1.82) is 0 Å².